The maximum atomic E-state index is 12.2. The molecule has 1 aliphatic rings. The van der Waals surface area contributed by atoms with E-state index in [-0.39, 0.29) is 11.9 Å². The van der Waals surface area contributed by atoms with E-state index in [0.29, 0.717) is 0 Å². The summed E-state index contributed by atoms with van der Waals surface area (Å²) >= 11 is 0. The first-order valence-electron chi connectivity index (χ1n) is 8.99. The van der Waals surface area contributed by atoms with Crippen LogP contribution in [0.1, 0.15) is 43.5 Å². The molecular formula is C20H29N3O. The van der Waals surface area contributed by atoms with Gasteiger partial charge in [-0.15, -0.1) is 0 Å². The van der Waals surface area contributed by atoms with Crippen LogP contribution in [0, 0.1) is 0 Å². The number of rotatable bonds is 5. The zero-order chi connectivity index (χ0) is 17.3. The van der Waals surface area contributed by atoms with E-state index in [9.17, 15) is 4.79 Å². The van der Waals surface area contributed by atoms with Crippen LogP contribution in [0.15, 0.2) is 24.3 Å². The zero-order valence-electron chi connectivity index (χ0n) is 15.4. The first-order chi connectivity index (χ1) is 11.5. The molecule has 130 valence electrons. The van der Waals surface area contributed by atoms with Gasteiger partial charge in [0, 0.05) is 37.1 Å². The van der Waals surface area contributed by atoms with Gasteiger partial charge in [-0.2, -0.15) is 0 Å². The van der Waals surface area contributed by atoms with Crippen molar-refractivity contribution < 1.29 is 4.79 Å². The van der Waals surface area contributed by atoms with Crippen LogP contribution in [0.25, 0.3) is 10.9 Å². The highest BCUT2D eigenvalue weighted by molar-refractivity contribution is 5.86. The number of nitrogens with zero attached hydrogens (tertiary/aromatic N) is 3. The van der Waals surface area contributed by atoms with Gasteiger partial charge in [0.15, 0.2) is 0 Å². The predicted octanol–water partition coefficient (Wildman–Crippen LogP) is 3.36. The second-order valence-corrected chi connectivity index (χ2v) is 7.22. The molecule has 3 rings (SSSR count). The molecule has 4 heteroatoms. The van der Waals surface area contributed by atoms with Crippen molar-refractivity contribution in [3.8, 4) is 0 Å². The summed E-state index contributed by atoms with van der Waals surface area (Å²) in [5.41, 5.74) is 4.08. The van der Waals surface area contributed by atoms with Gasteiger partial charge in [0.1, 0.15) is 0 Å². The second kappa shape index (κ2) is 6.98. The first-order valence-corrected chi connectivity index (χ1v) is 8.99. The van der Waals surface area contributed by atoms with Crippen LogP contribution in [0.4, 0.5) is 0 Å². The van der Waals surface area contributed by atoms with Crippen LogP contribution < -0.4 is 0 Å². The fourth-order valence-electron chi connectivity index (χ4n) is 4.15. The molecule has 0 bridgehead atoms. The molecule has 2 aromatic rings. The van der Waals surface area contributed by atoms with Crippen LogP contribution in [0.5, 0.6) is 0 Å². The summed E-state index contributed by atoms with van der Waals surface area (Å²) in [7, 11) is 6.38. The van der Waals surface area contributed by atoms with Crippen LogP contribution in [0.3, 0.4) is 0 Å². The molecule has 0 saturated carbocycles. The Balaban J connectivity index is 1.93. The molecule has 1 atom stereocenters. The van der Waals surface area contributed by atoms with Crippen molar-refractivity contribution in [2.75, 3.05) is 27.2 Å². The summed E-state index contributed by atoms with van der Waals surface area (Å²) in [6.45, 7) is 3.66. The summed E-state index contributed by atoms with van der Waals surface area (Å²) in [4.78, 5) is 16.5. The predicted molar refractivity (Wildman–Crippen MR) is 99.2 cm³/mol. The Labute approximate surface area is 145 Å². The molecule has 24 heavy (non-hydrogen) atoms. The van der Waals surface area contributed by atoms with Crippen molar-refractivity contribution >= 4 is 16.8 Å². The largest absolute Gasteiger partial charge is 0.346 e. The van der Waals surface area contributed by atoms with E-state index in [2.05, 4.69) is 59.8 Å². The Hall–Kier alpha value is -1.81. The zero-order valence-corrected chi connectivity index (χ0v) is 15.4. The number of hydrogen-bond acceptors (Lipinski definition) is 2. The first kappa shape index (κ1) is 17.0. The smallest absolute Gasteiger partial charge is 0.220 e. The SMILES string of the molecule is CC(=O)N1CCc2c(n(C)c3ccccc23)C1CCCCN(C)C. The summed E-state index contributed by atoms with van der Waals surface area (Å²) < 4.78 is 2.32. The number of carbonyl (C=O) groups is 1. The number of aromatic nitrogens is 1. The topological polar surface area (TPSA) is 28.5 Å². The third-order valence-corrected chi connectivity index (χ3v) is 5.29. The maximum Gasteiger partial charge on any atom is 0.220 e. The monoisotopic (exact) mass is 327 g/mol. The summed E-state index contributed by atoms with van der Waals surface area (Å²) in [6.07, 6.45) is 4.33. The van der Waals surface area contributed by atoms with Gasteiger partial charge in [0.25, 0.3) is 0 Å². The molecule has 0 N–H and O–H groups in total. The van der Waals surface area contributed by atoms with E-state index in [4.69, 9.17) is 0 Å². The fraction of sp³-hybridized carbons (Fsp3) is 0.550. The number of hydrogen-bond donors (Lipinski definition) is 0. The maximum absolute atomic E-state index is 12.2. The molecule has 1 aliphatic heterocycles. The minimum absolute atomic E-state index is 0.198. The van der Waals surface area contributed by atoms with Crippen LogP contribution in [-0.2, 0) is 18.3 Å². The minimum atomic E-state index is 0.198. The van der Waals surface area contributed by atoms with E-state index in [0.717, 1.165) is 32.4 Å². The molecule has 1 aromatic carbocycles. The normalized spacial score (nSPS) is 17.5. The van der Waals surface area contributed by atoms with E-state index in [1.54, 1.807) is 6.92 Å². The number of aryl methyl sites for hydroxylation is 1. The molecule has 4 nitrogen and oxygen atoms in total. The lowest BCUT2D eigenvalue weighted by Gasteiger charge is -2.36. The molecule has 1 unspecified atom stereocenters. The van der Waals surface area contributed by atoms with Crippen LogP contribution >= 0.6 is 0 Å². The number of benzene rings is 1. The Morgan fingerprint density at radius 2 is 2.00 bits per heavy atom. The van der Waals surface area contributed by atoms with Crippen molar-refractivity contribution in [1.82, 2.24) is 14.4 Å². The second-order valence-electron chi connectivity index (χ2n) is 7.22. The number of fused-ring (bicyclic) bond motifs is 3. The highest BCUT2D eigenvalue weighted by atomic mass is 16.2. The van der Waals surface area contributed by atoms with Gasteiger partial charge in [-0.1, -0.05) is 18.2 Å². The molecule has 0 radical (unpaired) electrons. The lowest BCUT2D eigenvalue weighted by Crippen LogP contribution is -2.39. The summed E-state index contributed by atoms with van der Waals surface area (Å²) in [5, 5.41) is 1.36. The van der Waals surface area contributed by atoms with E-state index in [1.165, 1.54) is 28.6 Å². The van der Waals surface area contributed by atoms with Gasteiger partial charge in [-0.25, -0.2) is 0 Å². The van der Waals surface area contributed by atoms with Gasteiger partial charge < -0.3 is 14.4 Å². The number of carbonyl (C=O) groups excluding carboxylic acids is 1. The summed E-state index contributed by atoms with van der Waals surface area (Å²) in [6, 6.07) is 8.84. The number of para-hydroxylation sites is 1. The van der Waals surface area contributed by atoms with Gasteiger partial charge >= 0.3 is 0 Å². The minimum Gasteiger partial charge on any atom is -0.346 e. The van der Waals surface area contributed by atoms with Gasteiger partial charge in [0.2, 0.25) is 5.91 Å². The van der Waals surface area contributed by atoms with Crippen LogP contribution in [-0.4, -0.2) is 47.5 Å². The third-order valence-electron chi connectivity index (χ3n) is 5.29. The van der Waals surface area contributed by atoms with Gasteiger partial charge in [-0.05, 0) is 58.0 Å². The number of unbranched alkanes of at least 4 members (excludes halogenated alkanes) is 1. The van der Waals surface area contributed by atoms with Gasteiger partial charge in [-0.3, -0.25) is 4.79 Å². The lowest BCUT2D eigenvalue weighted by atomic mass is 9.93. The molecule has 1 amide bonds. The molecule has 0 spiro atoms. The van der Waals surface area contributed by atoms with Crippen molar-refractivity contribution in [2.24, 2.45) is 7.05 Å². The molecule has 1 aromatic heterocycles. The average Bonchev–Trinajstić information content (AvgIpc) is 2.85. The van der Waals surface area contributed by atoms with E-state index in [1.807, 2.05) is 0 Å². The molecule has 2 heterocycles. The Bertz CT molecular complexity index is 732. The van der Waals surface area contributed by atoms with Crippen molar-refractivity contribution in [2.45, 2.75) is 38.6 Å². The summed E-state index contributed by atoms with van der Waals surface area (Å²) in [5.74, 6) is 0.198. The number of amides is 1. The van der Waals surface area contributed by atoms with Crippen LogP contribution in [0.2, 0.25) is 0 Å². The highest BCUT2D eigenvalue weighted by Crippen LogP contribution is 2.38. The van der Waals surface area contributed by atoms with E-state index >= 15 is 0 Å². The Kier molecular flexibility index (Phi) is 4.95. The highest BCUT2D eigenvalue weighted by Gasteiger charge is 2.32. The Morgan fingerprint density at radius 3 is 2.71 bits per heavy atom. The standard InChI is InChI=1S/C20H29N3O/c1-15(24)23-14-12-17-16-9-5-6-10-18(16)22(4)20(17)19(23)11-7-8-13-21(2)3/h5-6,9-10,19H,7-8,11-14H2,1-4H3. The van der Waals surface area contributed by atoms with Gasteiger partial charge in [0.05, 0.1) is 6.04 Å². The van der Waals surface area contributed by atoms with Crippen molar-refractivity contribution in [3.63, 3.8) is 0 Å². The molecule has 0 fully saturated rings. The lowest BCUT2D eigenvalue weighted by molar-refractivity contribution is -0.132. The fourth-order valence-corrected chi connectivity index (χ4v) is 4.15. The van der Waals surface area contributed by atoms with E-state index < -0.39 is 0 Å². The molecule has 0 aliphatic carbocycles. The quantitative estimate of drug-likeness (QED) is 0.788. The third kappa shape index (κ3) is 3.07. The van der Waals surface area contributed by atoms with Crippen molar-refractivity contribution in [3.05, 3.63) is 35.5 Å². The molecule has 0 saturated heterocycles. The molecular weight excluding hydrogens is 298 g/mol. The Morgan fingerprint density at radius 1 is 1.25 bits per heavy atom. The van der Waals surface area contributed by atoms with Crippen molar-refractivity contribution in [1.29, 1.82) is 0 Å². The average molecular weight is 327 g/mol.